The summed E-state index contributed by atoms with van der Waals surface area (Å²) in [7, 11) is 1.46. The zero-order valence-electron chi connectivity index (χ0n) is 20.6. The Balaban J connectivity index is 1.71. The predicted octanol–water partition coefficient (Wildman–Crippen LogP) is 4.65. The number of nitrogens with one attached hydrogen (secondary N) is 1. The molecule has 1 aromatic heterocycles. The smallest absolute Gasteiger partial charge is 0.331 e. The van der Waals surface area contributed by atoms with E-state index in [4.69, 9.17) is 4.74 Å². The number of rotatable bonds is 7. The highest BCUT2D eigenvalue weighted by molar-refractivity contribution is 5.97. The van der Waals surface area contributed by atoms with Crippen LogP contribution in [-0.4, -0.2) is 28.7 Å². The van der Waals surface area contributed by atoms with Crippen LogP contribution in [0.15, 0.2) is 35.1 Å². The summed E-state index contributed by atoms with van der Waals surface area (Å²) < 4.78 is 7.16. The van der Waals surface area contributed by atoms with Gasteiger partial charge in [-0.1, -0.05) is 50.3 Å². The molecular formula is C28H36N2O5. The van der Waals surface area contributed by atoms with E-state index in [9.17, 15) is 19.5 Å². The third-order valence-corrected chi connectivity index (χ3v) is 7.48. The van der Waals surface area contributed by atoms with Gasteiger partial charge in [0.2, 0.25) is 0 Å². The molecule has 7 nitrogen and oxygen atoms in total. The first-order chi connectivity index (χ1) is 17.0. The standard InChI is InChI=1S/C28H36N2O5/c1-35-24-16-10-9-14-21(24)25(28(33)34)29-26(31)22-17-20-13-7-2-3-8-15-23(20)30(27(22)32)18-19-11-5-4-6-12-19/h9-10,14,16-17,19,25H,2-8,11-13,15,18H2,1H3,(H,29,31)(H,33,34). The maximum Gasteiger partial charge on any atom is 0.331 e. The summed E-state index contributed by atoms with van der Waals surface area (Å²) in [5.41, 5.74) is 2.17. The fraction of sp³-hybridized carbons (Fsp3) is 0.536. The quantitative estimate of drug-likeness (QED) is 0.601. The van der Waals surface area contributed by atoms with Crippen molar-refractivity contribution in [2.45, 2.75) is 83.2 Å². The molecule has 1 atom stereocenters. The second-order valence-electron chi connectivity index (χ2n) is 9.85. The number of aryl methyl sites for hydroxylation is 1. The molecule has 2 aromatic rings. The van der Waals surface area contributed by atoms with Crippen LogP contribution >= 0.6 is 0 Å². The molecule has 1 unspecified atom stereocenters. The second-order valence-corrected chi connectivity index (χ2v) is 9.85. The van der Waals surface area contributed by atoms with Crippen LogP contribution in [0.1, 0.15) is 91.0 Å². The van der Waals surface area contributed by atoms with Gasteiger partial charge in [0, 0.05) is 17.8 Å². The van der Waals surface area contributed by atoms with E-state index >= 15 is 0 Å². The topological polar surface area (TPSA) is 97.6 Å². The molecule has 0 radical (unpaired) electrons. The third kappa shape index (κ3) is 5.77. The van der Waals surface area contributed by atoms with Crippen LogP contribution in [0, 0.1) is 5.92 Å². The van der Waals surface area contributed by atoms with E-state index < -0.39 is 17.9 Å². The van der Waals surface area contributed by atoms with Gasteiger partial charge in [0.1, 0.15) is 11.3 Å². The zero-order valence-corrected chi connectivity index (χ0v) is 20.6. The largest absolute Gasteiger partial charge is 0.496 e. The van der Waals surface area contributed by atoms with Crippen molar-refractivity contribution in [3.63, 3.8) is 0 Å². The Labute approximate surface area is 206 Å². The van der Waals surface area contributed by atoms with Gasteiger partial charge >= 0.3 is 5.97 Å². The van der Waals surface area contributed by atoms with Crippen LogP contribution in [0.4, 0.5) is 0 Å². The molecule has 0 spiro atoms. The first-order valence-electron chi connectivity index (χ1n) is 12.9. The zero-order chi connectivity index (χ0) is 24.8. The van der Waals surface area contributed by atoms with E-state index in [1.54, 1.807) is 30.3 Å². The number of methoxy groups -OCH3 is 1. The molecule has 1 amide bonds. The number of hydrogen-bond donors (Lipinski definition) is 2. The van der Waals surface area contributed by atoms with E-state index in [2.05, 4.69) is 5.32 Å². The monoisotopic (exact) mass is 480 g/mol. The van der Waals surface area contributed by atoms with Gasteiger partial charge < -0.3 is 19.7 Å². The van der Waals surface area contributed by atoms with Gasteiger partial charge in [-0.3, -0.25) is 9.59 Å². The first kappa shape index (κ1) is 25.0. The molecule has 35 heavy (non-hydrogen) atoms. The summed E-state index contributed by atoms with van der Waals surface area (Å²) in [6.07, 6.45) is 11.8. The highest BCUT2D eigenvalue weighted by atomic mass is 16.5. The van der Waals surface area contributed by atoms with E-state index in [-0.39, 0.29) is 11.1 Å². The van der Waals surface area contributed by atoms with E-state index in [0.29, 0.717) is 23.8 Å². The Morgan fingerprint density at radius 1 is 1.06 bits per heavy atom. The number of carbonyl (C=O) groups is 2. The van der Waals surface area contributed by atoms with Crippen LogP contribution in [0.25, 0.3) is 0 Å². The molecule has 1 aromatic carbocycles. The van der Waals surface area contributed by atoms with Crippen molar-refractivity contribution < 1.29 is 19.4 Å². The van der Waals surface area contributed by atoms with Crippen molar-refractivity contribution >= 4 is 11.9 Å². The van der Waals surface area contributed by atoms with Gasteiger partial charge in [-0.15, -0.1) is 0 Å². The van der Waals surface area contributed by atoms with Crippen molar-refractivity contribution in [3.05, 3.63) is 63.1 Å². The van der Waals surface area contributed by atoms with Crippen LogP contribution in [-0.2, 0) is 24.2 Å². The number of carboxylic acid groups (broad SMARTS) is 1. The average Bonchev–Trinajstić information content (AvgIpc) is 2.85. The van der Waals surface area contributed by atoms with Gasteiger partial charge in [0.25, 0.3) is 11.5 Å². The lowest BCUT2D eigenvalue weighted by Gasteiger charge is -2.27. The minimum absolute atomic E-state index is 0.0290. The lowest BCUT2D eigenvalue weighted by atomic mass is 9.88. The van der Waals surface area contributed by atoms with Gasteiger partial charge in [-0.2, -0.15) is 0 Å². The first-order valence-corrected chi connectivity index (χ1v) is 12.9. The maximum absolute atomic E-state index is 13.7. The number of fused-ring (bicyclic) bond motifs is 1. The van der Waals surface area contributed by atoms with Gasteiger partial charge in [0.05, 0.1) is 7.11 Å². The molecular weight excluding hydrogens is 444 g/mol. The molecule has 2 N–H and O–H groups in total. The van der Waals surface area contributed by atoms with Crippen molar-refractivity contribution in [1.29, 1.82) is 0 Å². The second kappa shape index (κ2) is 11.6. The molecule has 188 valence electrons. The molecule has 7 heteroatoms. The Bertz CT molecular complexity index is 1120. The van der Waals surface area contributed by atoms with Crippen LogP contribution in [0.2, 0.25) is 0 Å². The molecule has 0 saturated heterocycles. The van der Waals surface area contributed by atoms with Crippen LogP contribution < -0.4 is 15.6 Å². The Morgan fingerprint density at radius 3 is 2.46 bits per heavy atom. The van der Waals surface area contributed by atoms with Crippen LogP contribution in [0.3, 0.4) is 0 Å². The fourth-order valence-corrected chi connectivity index (χ4v) is 5.60. The number of para-hydroxylation sites is 1. The van der Waals surface area contributed by atoms with Gasteiger partial charge in [-0.05, 0) is 62.1 Å². The summed E-state index contributed by atoms with van der Waals surface area (Å²) in [5, 5.41) is 12.5. The SMILES string of the molecule is COc1ccccc1C(NC(=O)c1cc2c(n(CC3CCCCC3)c1=O)CCCCCC2)C(=O)O. The minimum Gasteiger partial charge on any atom is -0.496 e. The van der Waals surface area contributed by atoms with E-state index in [1.807, 2.05) is 4.57 Å². The number of nitrogens with zero attached hydrogens (tertiary/aromatic N) is 1. The molecule has 1 saturated carbocycles. The number of amides is 1. The highest BCUT2D eigenvalue weighted by Crippen LogP contribution is 2.28. The van der Waals surface area contributed by atoms with E-state index in [1.165, 1.54) is 26.4 Å². The molecule has 2 aliphatic carbocycles. The number of carboxylic acids is 1. The predicted molar refractivity (Wildman–Crippen MR) is 134 cm³/mol. The minimum atomic E-state index is -1.33. The number of benzene rings is 1. The molecule has 1 fully saturated rings. The molecule has 0 bridgehead atoms. The van der Waals surface area contributed by atoms with Crippen molar-refractivity contribution in [2.75, 3.05) is 7.11 Å². The number of hydrogen-bond acceptors (Lipinski definition) is 4. The van der Waals surface area contributed by atoms with Gasteiger partial charge in [0.15, 0.2) is 6.04 Å². The fourth-order valence-electron chi connectivity index (χ4n) is 5.60. The van der Waals surface area contributed by atoms with Crippen molar-refractivity contribution in [3.8, 4) is 5.75 Å². The molecule has 0 aliphatic heterocycles. The van der Waals surface area contributed by atoms with Crippen LogP contribution in [0.5, 0.6) is 5.75 Å². The Hall–Kier alpha value is -3.09. The summed E-state index contributed by atoms with van der Waals surface area (Å²) >= 11 is 0. The normalized spacial score (nSPS) is 17.5. The maximum atomic E-state index is 13.7. The number of ether oxygens (including phenoxy) is 1. The van der Waals surface area contributed by atoms with Gasteiger partial charge in [-0.25, -0.2) is 4.79 Å². The number of aliphatic carboxylic acids is 1. The Kier molecular flexibility index (Phi) is 8.26. The lowest BCUT2D eigenvalue weighted by molar-refractivity contribution is -0.139. The Morgan fingerprint density at radius 2 is 1.74 bits per heavy atom. The highest BCUT2D eigenvalue weighted by Gasteiger charge is 2.28. The summed E-state index contributed by atoms with van der Waals surface area (Å²) in [6, 6.07) is 7.09. The molecule has 1 heterocycles. The summed E-state index contributed by atoms with van der Waals surface area (Å²) in [6.45, 7) is 0.636. The van der Waals surface area contributed by atoms with E-state index in [0.717, 1.165) is 62.6 Å². The number of aromatic nitrogens is 1. The summed E-state index contributed by atoms with van der Waals surface area (Å²) in [4.78, 5) is 39.2. The number of pyridine rings is 1. The molecule has 4 rings (SSSR count). The lowest BCUT2D eigenvalue weighted by Crippen LogP contribution is -2.40. The number of carbonyl (C=O) groups excluding carboxylic acids is 1. The van der Waals surface area contributed by atoms with Crippen molar-refractivity contribution in [1.82, 2.24) is 9.88 Å². The average molecular weight is 481 g/mol. The molecule has 2 aliphatic rings. The third-order valence-electron chi connectivity index (χ3n) is 7.48. The summed E-state index contributed by atoms with van der Waals surface area (Å²) in [5.74, 6) is -1.06. The van der Waals surface area contributed by atoms with Crippen molar-refractivity contribution in [2.24, 2.45) is 5.92 Å².